The lowest BCUT2D eigenvalue weighted by Crippen LogP contribution is -3.06. The monoisotopic (exact) mass is 326 g/mol. The Hall–Kier alpha value is -1.72. The minimum absolute atomic E-state index is 0. The number of carbonyl (C=O) groups excluding carboxylic acids is 1. The molecule has 0 atom stereocenters. The zero-order chi connectivity index (χ0) is 15.6. The number of fused-ring (bicyclic) bond motifs is 1. The first-order chi connectivity index (χ1) is 9.95. The molecule has 0 amide bonds. The molecule has 1 heterocycles. The van der Waals surface area contributed by atoms with E-state index in [-0.39, 0.29) is 18.4 Å². The lowest BCUT2D eigenvalue weighted by Gasteiger charge is -2.08. The molecule has 2 rings (SSSR count). The summed E-state index contributed by atoms with van der Waals surface area (Å²) in [5.41, 5.74) is 2.53. The van der Waals surface area contributed by atoms with Crippen molar-refractivity contribution in [2.45, 2.75) is 6.92 Å². The number of ether oxygens (including phenoxy) is 2. The lowest BCUT2D eigenvalue weighted by atomic mass is 10.1. The van der Waals surface area contributed by atoms with E-state index in [1.165, 1.54) is 4.90 Å². The van der Waals surface area contributed by atoms with Crippen LogP contribution < -0.4 is 22.0 Å². The molecule has 0 aliphatic carbocycles. The maximum absolute atomic E-state index is 12.4. The second kappa shape index (κ2) is 7.51. The summed E-state index contributed by atoms with van der Waals surface area (Å²) in [6, 6.07) is 5.74. The number of esters is 1. The molecular formula is C16H23ClN2O3. The van der Waals surface area contributed by atoms with Crippen molar-refractivity contribution in [3.8, 4) is 5.75 Å². The number of hydrogen-bond donors (Lipinski definition) is 1. The van der Waals surface area contributed by atoms with Crippen LogP contribution in [-0.4, -0.2) is 44.9 Å². The minimum Gasteiger partial charge on any atom is -1.00 e. The van der Waals surface area contributed by atoms with E-state index >= 15 is 0 Å². The second-order valence-electron chi connectivity index (χ2n) is 5.50. The molecule has 0 saturated heterocycles. The predicted octanol–water partition coefficient (Wildman–Crippen LogP) is -2.20. The van der Waals surface area contributed by atoms with Gasteiger partial charge in [0, 0.05) is 23.6 Å². The molecule has 0 unspecified atom stereocenters. The number of halogens is 1. The predicted molar refractivity (Wildman–Crippen MR) is 82.2 cm³/mol. The maximum atomic E-state index is 12.4. The van der Waals surface area contributed by atoms with E-state index < -0.39 is 0 Å². The average molecular weight is 327 g/mol. The second-order valence-corrected chi connectivity index (χ2v) is 5.50. The quantitative estimate of drug-likeness (QED) is 0.634. The van der Waals surface area contributed by atoms with Crippen molar-refractivity contribution in [1.82, 2.24) is 4.57 Å². The Labute approximate surface area is 137 Å². The highest BCUT2D eigenvalue weighted by Crippen LogP contribution is 2.29. The van der Waals surface area contributed by atoms with Gasteiger partial charge in [-0.3, -0.25) is 0 Å². The zero-order valence-electron chi connectivity index (χ0n) is 13.7. The molecule has 6 heteroatoms. The Bertz CT molecular complexity index is 665. The summed E-state index contributed by atoms with van der Waals surface area (Å²) in [5.74, 6) is 0.465. The number of nitrogens with zero attached hydrogens (tertiary/aromatic N) is 1. The fourth-order valence-corrected chi connectivity index (χ4v) is 2.36. The third kappa shape index (κ3) is 3.54. The number of rotatable bonds is 5. The van der Waals surface area contributed by atoms with E-state index in [0.29, 0.717) is 12.2 Å². The first kappa shape index (κ1) is 18.3. The summed E-state index contributed by atoms with van der Waals surface area (Å²) >= 11 is 0. The van der Waals surface area contributed by atoms with E-state index in [1.807, 2.05) is 50.8 Å². The maximum Gasteiger partial charge on any atom is 0.340 e. The highest BCUT2D eigenvalue weighted by atomic mass is 35.5. The zero-order valence-corrected chi connectivity index (χ0v) is 14.5. The fraction of sp³-hybridized carbons (Fsp3) is 0.438. The molecule has 2 aromatic rings. The van der Waals surface area contributed by atoms with Gasteiger partial charge >= 0.3 is 5.97 Å². The van der Waals surface area contributed by atoms with E-state index in [9.17, 15) is 4.79 Å². The van der Waals surface area contributed by atoms with Crippen molar-refractivity contribution in [3.63, 3.8) is 0 Å². The molecule has 0 spiro atoms. The molecule has 0 bridgehead atoms. The van der Waals surface area contributed by atoms with E-state index in [2.05, 4.69) is 0 Å². The van der Waals surface area contributed by atoms with Gasteiger partial charge in [-0.15, -0.1) is 0 Å². The Balaban J connectivity index is 0.00000242. The van der Waals surface area contributed by atoms with Crippen LogP contribution in [0.15, 0.2) is 18.2 Å². The van der Waals surface area contributed by atoms with Crippen LogP contribution in [0, 0.1) is 6.92 Å². The van der Waals surface area contributed by atoms with Gasteiger partial charge in [0.15, 0.2) is 0 Å². The number of likely N-dealkylation sites (N-methyl/N-ethyl adjacent to an activating group) is 1. The Morgan fingerprint density at radius 2 is 2.00 bits per heavy atom. The van der Waals surface area contributed by atoms with Gasteiger partial charge in [-0.1, -0.05) is 0 Å². The van der Waals surface area contributed by atoms with Gasteiger partial charge in [0.25, 0.3) is 0 Å². The number of quaternary nitrogens is 1. The first-order valence-electron chi connectivity index (χ1n) is 7.05. The van der Waals surface area contributed by atoms with Crippen molar-refractivity contribution >= 4 is 16.9 Å². The molecule has 0 aliphatic rings. The molecule has 0 radical (unpaired) electrons. The average Bonchev–Trinajstić information content (AvgIpc) is 2.70. The molecule has 0 aliphatic heterocycles. The fourth-order valence-electron chi connectivity index (χ4n) is 2.36. The van der Waals surface area contributed by atoms with Gasteiger partial charge in [-0.05, 0) is 25.1 Å². The van der Waals surface area contributed by atoms with Crippen molar-refractivity contribution in [3.05, 3.63) is 29.5 Å². The topological polar surface area (TPSA) is 44.9 Å². The summed E-state index contributed by atoms with van der Waals surface area (Å²) in [6.07, 6.45) is 0. The summed E-state index contributed by atoms with van der Waals surface area (Å²) in [5, 5.41) is 0.872. The van der Waals surface area contributed by atoms with Crippen molar-refractivity contribution in [2.75, 3.05) is 34.4 Å². The molecular weight excluding hydrogens is 304 g/mol. The van der Waals surface area contributed by atoms with Crippen molar-refractivity contribution in [2.24, 2.45) is 7.05 Å². The first-order valence-corrected chi connectivity index (χ1v) is 7.05. The minimum atomic E-state index is -0.271. The standard InChI is InChI=1S/C16H22N2O3.ClH/c1-11-15(16(19)21-9-8-17(2)3)13-10-12(20-5)6-7-14(13)18(11)4;/h6-7,10H,8-9H2,1-5H3;1H. The third-order valence-electron chi connectivity index (χ3n) is 3.74. The van der Waals surface area contributed by atoms with Crippen molar-refractivity contribution < 1.29 is 31.6 Å². The summed E-state index contributed by atoms with van der Waals surface area (Å²) in [7, 11) is 7.63. The van der Waals surface area contributed by atoms with Crippen LogP contribution in [0.1, 0.15) is 16.1 Å². The highest BCUT2D eigenvalue weighted by molar-refractivity contribution is 6.06. The van der Waals surface area contributed by atoms with Gasteiger partial charge in [0.2, 0.25) is 0 Å². The van der Waals surface area contributed by atoms with Gasteiger partial charge in [0.05, 0.1) is 26.8 Å². The lowest BCUT2D eigenvalue weighted by molar-refractivity contribution is -0.858. The SMILES string of the molecule is COc1ccc2c(c1)c(C(=O)OCC[NH+](C)C)c(C)n2C.[Cl-]. The number of hydrogen-bond acceptors (Lipinski definition) is 3. The van der Waals surface area contributed by atoms with Crippen LogP contribution in [-0.2, 0) is 11.8 Å². The molecule has 5 nitrogen and oxygen atoms in total. The van der Waals surface area contributed by atoms with Crippen LogP contribution in [0.4, 0.5) is 0 Å². The molecule has 1 aromatic carbocycles. The van der Waals surface area contributed by atoms with Gasteiger partial charge in [-0.25, -0.2) is 4.79 Å². The Morgan fingerprint density at radius 3 is 2.59 bits per heavy atom. The Morgan fingerprint density at radius 1 is 1.32 bits per heavy atom. The van der Waals surface area contributed by atoms with E-state index in [1.54, 1.807) is 7.11 Å². The number of aryl methyl sites for hydroxylation is 1. The van der Waals surface area contributed by atoms with Crippen LogP contribution in [0.3, 0.4) is 0 Å². The van der Waals surface area contributed by atoms with Crippen molar-refractivity contribution in [1.29, 1.82) is 0 Å². The molecule has 0 fully saturated rings. The Kier molecular flexibility index (Phi) is 6.26. The van der Waals surface area contributed by atoms with Crippen LogP contribution >= 0.6 is 0 Å². The molecule has 1 N–H and O–H groups in total. The molecule has 122 valence electrons. The van der Waals surface area contributed by atoms with E-state index in [4.69, 9.17) is 9.47 Å². The van der Waals surface area contributed by atoms with E-state index in [0.717, 1.165) is 28.9 Å². The largest absolute Gasteiger partial charge is 1.00 e. The molecule has 0 saturated carbocycles. The summed E-state index contributed by atoms with van der Waals surface area (Å²) < 4.78 is 12.7. The summed E-state index contributed by atoms with van der Waals surface area (Å²) in [6.45, 7) is 3.14. The third-order valence-corrected chi connectivity index (χ3v) is 3.74. The van der Waals surface area contributed by atoms with Gasteiger partial charge in [-0.2, -0.15) is 0 Å². The smallest absolute Gasteiger partial charge is 0.340 e. The highest BCUT2D eigenvalue weighted by Gasteiger charge is 2.20. The molecule has 22 heavy (non-hydrogen) atoms. The van der Waals surface area contributed by atoms with Gasteiger partial charge < -0.3 is 31.3 Å². The number of carbonyl (C=O) groups is 1. The van der Waals surface area contributed by atoms with Crippen LogP contribution in [0.5, 0.6) is 5.75 Å². The number of aromatic nitrogens is 1. The number of benzene rings is 1. The number of nitrogens with one attached hydrogen (secondary N) is 1. The number of methoxy groups -OCH3 is 1. The van der Waals surface area contributed by atoms with Crippen LogP contribution in [0.25, 0.3) is 10.9 Å². The summed E-state index contributed by atoms with van der Waals surface area (Å²) in [4.78, 5) is 13.6. The van der Waals surface area contributed by atoms with Gasteiger partial charge in [0.1, 0.15) is 18.9 Å². The molecule has 1 aromatic heterocycles. The normalized spacial score (nSPS) is 10.6. The van der Waals surface area contributed by atoms with Crippen LogP contribution in [0.2, 0.25) is 0 Å².